The van der Waals surface area contributed by atoms with Crippen molar-refractivity contribution >= 4 is 0 Å². The summed E-state index contributed by atoms with van der Waals surface area (Å²) >= 11 is 0. The van der Waals surface area contributed by atoms with Gasteiger partial charge < -0.3 is 0 Å². The Labute approximate surface area is 168 Å². The van der Waals surface area contributed by atoms with Crippen molar-refractivity contribution in [2.75, 3.05) is 0 Å². The van der Waals surface area contributed by atoms with Gasteiger partial charge in [-0.3, -0.25) is 0 Å². The molecule has 0 amide bonds. The van der Waals surface area contributed by atoms with Crippen LogP contribution in [-0.2, 0) is 0 Å². The molecule has 0 N–H and O–H groups in total. The Kier molecular flexibility index (Phi) is 7.30. The van der Waals surface area contributed by atoms with Gasteiger partial charge in [0.1, 0.15) is 0 Å². The number of hydrogen-bond donors (Lipinski definition) is 0. The molecule has 0 aromatic carbocycles. The molecule has 0 unspecified atom stereocenters. The lowest BCUT2D eigenvalue weighted by molar-refractivity contribution is -0.519. The largest absolute Gasteiger partial charge is 0.469 e. The predicted molar refractivity (Wildman–Crippen MR) is 54.6 cm³/mol. The van der Waals surface area contributed by atoms with Gasteiger partial charge in [-0.05, 0) is 0 Å². The number of alkyl halides is 23. The van der Waals surface area contributed by atoms with Crippen molar-refractivity contribution in [3.8, 4) is 0 Å². The maximum absolute atomic E-state index is 13.5. The van der Waals surface area contributed by atoms with E-state index in [9.17, 15) is 101 Å². The summed E-state index contributed by atoms with van der Waals surface area (Å²) in [6.07, 6.45) is -24.6. The fourth-order valence-electron chi connectivity index (χ4n) is 1.68. The van der Waals surface area contributed by atoms with Crippen molar-refractivity contribution in [2.24, 2.45) is 0 Å². The Balaban J connectivity index is 7.44. The molecule has 0 spiro atoms. The zero-order valence-electron chi connectivity index (χ0n) is 14.1. The third-order valence-corrected chi connectivity index (χ3v) is 3.44. The van der Waals surface area contributed by atoms with E-state index in [1.807, 2.05) is 0 Å². The lowest BCUT2D eigenvalue weighted by atomic mass is 9.95. The molecule has 0 rings (SSSR count). The van der Waals surface area contributed by atoms with Gasteiger partial charge in [-0.25, -0.2) is 0 Å². The van der Waals surface area contributed by atoms with Crippen LogP contribution >= 0.6 is 0 Å². The molecule has 0 aliphatic heterocycles. The molecule has 0 bridgehead atoms. The van der Waals surface area contributed by atoms with E-state index in [-0.39, 0.29) is 0 Å². The topological polar surface area (TPSA) is 3.24 Å². The third-order valence-electron chi connectivity index (χ3n) is 3.44. The van der Waals surface area contributed by atoms with E-state index in [1.54, 1.807) is 0 Å². The maximum Gasteiger partial charge on any atom is 0.469 e. The van der Waals surface area contributed by atoms with Crippen LogP contribution in [-0.4, -0.2) is 65.3 Å². The summed E-state index contributed by atoms with van der Waals surface area (Å²) < 4.78 is 291. The maximum atomic E-state index is 13.5. The molecule has 34 heavy (non-hydrogen) atoms. The summed E-state index contributed by atoms with van der Waals surface area (Å²) in [5, 5.41) is 0. The fourth-order valence-corrected chi connectivity index (χ4v) is 1.68. The van der Waals surface area contributed by atoms with Gasteiger partial charge in [-0.15, -0.1) is 0 Å². The van der Waals surface area contributed by atoms with Crippen molar-refractivity contribution in [3.63, 3.8) is 0 Å². The van der Waals surface area contributed by atoms with Crippen LogP contribution in [0.5, 0.6) is 0 Å². The zero-order valence-corrected chi connectivity index (χ0v) is 14.1. The third kappa shape index (κ3) is 4.15. The number of hydrogen-bond acceptors (Lipinski definition) is 1. The number of halogens is 23. The highest BCUT2D eigenvalue weighted by molar-refractivity contribution is 5.11. The molecule has 0 fully saturated rings. The van der Waals surface area contributed by atoms with Gasteiger partial charge in [-0.1, -0.05) is 4.90 Å². The average molecular weight is 571 g/mol. The summed E-state index contributed by atoms with van der Waals surface area (Å²) in [5.41, 5.74) is 0. The molecule has 0 saturated carbocycles. The predicted octanol–water partition coefficient (Wildman–Crippen LogP) is 7.29. The Bertz CT molecular complexity index is 706. The molecule has 24 heteroatoms. The van der Waals surface area contributed by atoms with Crippen LogP contribution in [0.2, 0.25) is 0 Å². The van der Waals surface area contributed by atoms with Crippen molar-refractivity contribution in [1.82, 2.24) is 4.90 Å². The summed E-state index contributed by atoms with van der Waals surface area (Å²) in [6, 6.07) is -26.7. The van der Waals surface area contributed by atoms with Crippen LogP contribution in [0, 0.1) is 0 Å². The first-order chi connectivity index (χ1) is 14.1. The summed E-state index contributed by atoms with van der Waals surface area (Å²) in [4.78, 5) is -5.41. The van der Waals surface area contributed by atoms with Gasteiger partial charge in [0.05, 0.1) is 0 Å². The quantitative estimate of drug-likeness (QED) is 0.229. The van der Waals surface area contributed by atoms with Crippen LogP contribution in [0.3, 0.4) is 0 Å². The second-order valence-corrected chi connectivity index (χ2v) is 5.75. The highest BCUT2D eigenvalue weighted by atomic mass is 19.4. The highest BCUT2D eigenvalue weighted by Crippen LogP contribution is 2.64. The van der Waals surface area contributed by atoms with Crippen molar-refractivity contribution in [3.05, 3.63) is 0 Å². The van der Waals surface area contributed by atoms with Gasteiger partial charge in [0.2, 0.25) is 0 Å². The van der Waals surface area contributed by atoms with Gasteiger partial charge in [0, 0.05) is 0 Å². The minimum Gasteiger partial charge on any atom is -0.192 e. The van der Waals surface area contributed by atoms with Crippen LogP contribution in [0.25, 0.3) is 0 Å². The van der Waals surface area contributed by atoms with E-state index >= 15 is 0 Å². The Morgan fingerprint density at radius 1 is 0.235 bits per heavy atom. The van der Waals surface area contributed by atoms with Gasteiger partial charge in [-0.2, -0.15) is 101 Å². The molecule has 0 aliphatic rings. The Morgan fingerprint density at radius 2 is 0.471 bits per heavy atom. The van der Waals surface area contributed by atoms with Crippen molar-refractivity contribution < 1.29 is 101 Å². The average Bonchev–Trinajstić information content (AvgIpc) is 2.49. The molecule has 1 nitrogen and oxygen atoms in total. The van der Waals surface area contributed by atoms with Gasteiger partial charge in [0.25, 0.3) is 0 Å². The minimum atomic E-state index is -9.36. The molecule has 0 atom stereocenters. The SMILES string of the molecule is FC(F)(F)C(F)(F)N(C(F)(F)C(F)(F)F)C(F)(F)C(F)(F)C(F)(F)C(F)(F)C(F)(F)C(F)(F)F. The number of rotatable bonds is 7. The Hall–Kier alpha value is -1.65. The second kappa shape index (κ2) is 7.67. The highest BCUT2D eigenvalue weighted by Gasteiger charge is 2.95. The van der Waals surface area contributed by atoms with E-state index < -0.39 is 65.3 Å². The molecular weight excluding hydrogens is 571 g/mol. The van der Waals surface area contributed by atoms with E-state index in [1.165, 1.54) is 0 Å². The molecule has 0 radical (unpaired) electrons. The van der Waals surface area contributed by atoms with E-state index in [4.69, 9.17) is 0 Å². The monoisotopic (exact) mass is 571 g/mol. The lowest BCUT2D eigenvalue weighted by Gasteiger charge is -2.46. The molecular formula is C10F23N. The van der Waals surface area contributed by atoms with Crippen LogP contribution in [0.1, 0.15) is 0 Å². The van der Waals surface area contributed by atoms with E-state index in [0.717, 1.165) is 0 Å². The molecule has 0 heterocycles. The fraction of sp³-hybridized carbons (Fsp3) is 1.00. The van der Waals surface area contributed by atoms with Crippen LogP contribution in [0.4, 0.5) is 101 Å². The second-order valence-electron chi connectivity index (χ2n) is 5.75. The van der Waals surface area contributed by atoms with Gasteiger partial charge in [0.15, 0.2) is 0 Å². The van der Waals surface area contributed by atoms with Crippen LogP contribution < -0.4 is 0 Å². The minimum absolute atomic E-state index is 5.41. The molecule has 0 aromatic heterocycles. The lowest BCUT2D eigenvalue weighted by Crippen LogP contribution is -2.78. The standard InChI is InChI=1S/C10F23N/c11-1(12,3(15,16)5(19,20)21)2(13,14)4(17,18)8(28,29)34(9(30,31)6(22,23)24)10(32,33)7(25,26)27. The van der Waals surface area contributed by atoms with Crippen molar-refractivity contribution in [1.29, 1.82) is 0 Å². The smallest absolute Gasteiger partial charge is 0.192 e. The molecule has 206 valence electrons. The summed E-state index contributed by atoms with van der Waals surface area (Å²) in [7, 11) is 0. The van der Waals surface area contributed by atoms with E-state index in [0.29, 0.717) is 0 Å². The molecule has 0 saturated heterocycles. The first-order valence-electron chi connectivity index (χ1n) is 6.77. The van der Waals surface area contributed by atoms with Gasteiger partial charge >= 0.3 is 60.4 Å². The summed E-state index contributed by atoms with van der Waals surface area (Å²) in [5.74, 6) is -36.2. The zero-order chi connectivity index (χ0) is 28.6. The van der Waals surface area contributed by atoms with Crippen molar-refractivity contribution in [2.45, 2.75) is 60.4 Å². The normalized spacial score (nSPS) is 16.9. The first kappa shape index (κ1) is 32.4. The molecule has 0 aliphatic carbocycles. The van der Waals surface area contributed by atoms with E-state index in [2.05, 4.69) is 0 Å². The summed E-state index contributed by atoms with van der Waals surface area (Å²) in [6.45, 7) is 0. The molecule has 0 aromatic rings. The number of nitrogens with zero attached hydrogens (tertiary/aromatic N) is 1. The Morgan fingerprint density at radius 3 is 0.676 bits per heavy atom. The first-order valence-corrected chi connectivity index (χ1v) is 6.77. The van der Waals surface area contributed by atoms with Crippen LogP contribution in [0.15, 0.2) is 0 Å².